The smallest absolute Gasteiger partial charge is 0.144 e. The molecule has 0 saturated carbocycles. The van der Waals surface area contributed by atoms with E-state index < -0.39 is 0 Å². The first kappa shape index (κ1) is 11.2. The van der Waals surface area contributed by atoms with E-state index in [0.717, 1.165) is 32.2 Å². The number of terminal acetylenes is 1. The minimum atomic E-state index is 0.185. The molecule has 0 aliphatic rings. The molecule has 68 valence electrons. The molecular formula is C10H17NO. The van der Waals surface area contributed by atoms with Crippen molar-refractivity contribution in [3.05, 3.63) is 0 Å². The normalized spacial score (nSPS) is 9.33. The number of unbranched alkanes of at least 4 members (excludes halogenated alkanes) is 3. The first-order chi connectivity index (χ1) is 5.81. The van der Waals surface area contributed by atoms with Gasteiger partial charge in [0.05, 0.1) is 6.42 Å². The topological polar surface area (TPSA) is 43.1 Å². The summed E-state index contributed by atoms with van der Waals surface area (Å²) in [5.41, 5.74) is 5.32. The third-order valence-electron chi connectivity index (χ3n) is 1.71. The van der Waals surface area contributed by atoms with E-state index in [1.165, 1.54) is 0 Å². The van der Waals surface area contributed by atoms with Gasteiger partial charge in [0.25, 0.3) is 0 Å². The van der Waals surface area contributed by atoms with Crippen LogP contribution in [0.15, 0.2) is 0 Å². The minimum Gasteiger partial charge on any atom is -0.330 e. The molecule has 2 N–H and O–H groups in total. The summed E-state index contributed by atoms with van der Waals surface area (Å²) in [7, 11) is 0. The van der Waals surface area contributed by atoms with Gasteiger partial charge in [-0.3, -0.25) is 4.79 Å². The number of ketones is 1. The highest BCUT2D eigenvalue weighted by atomic mass is 16.1. The summed E-state index contributed by atoms with van der Waals surface area (Å²) >= 11 is 0. The average molecular weight is 167 g/mol. The molecule has 0 aromatic rings. The molecule has 0 aliphatic carbocycles. The second-order valence-electron chi connectivity index (χ2n) is 2.87. The van der Waals surface area contributed by atoms with Crippen LogP contribution in [0.3, 0.4) is 0 Å². The molecule has 0 heterocycles. The lowest BCUT2D eigenvalue weighted by Crippen LogP contribution is -1.99. The van der Waals surface area contributed by atoms with Crippen molar-refractivity contribution < 1.29 is 4.79 Å². The van der Waals surface area contributed by atoms with Crippen molar-refractivity contribution in [3.63, 3.8) is 0 Å². The first-order valence-corrected chi connectivity index (χ1v) is 4.46. The molecule has 0 unspecified atom stereocenters. The molecule has 0 aromatic carbocycles. The standard InChI is InChI=1S/C10H17NO/c1-2-7-10(12)8-5-3-4-6-9-11/h1H,3-9,11H2. The SMILES string of the molecule is C#CCC(=O)CCCCCCN. The number of carbonyl (C=O) groups excluding carboxylic acids is 1. The monoisotopic (exact) mass is 167 g/mol. The second kappa shape index (κ2) is 8.29. The maximum atomic E-state index is 10.9. The maximum absolute atomic E-state index is 10.9. The molecule has 12 heavy (non-hydrogen) atoms. The fourth-order valence-corrected chi connectivity index (χ4v) is 1.02. The van der Waals surface area contributed by atoms with Gasteiger partial charge in [0.1, 0.15) is 5.78 Å². The van der Waals surface area contributed by atoms with Crippen molar-refractivity contribution in [1.29, 1.82) is 0 Å². The largest absolute Gasteiger partial charge is 0.330 e. The van der Waals surface area contributed by atoms with Gasteiger partial charge >= 0.3 is 0 Å². The molecule has 0 saturated heterocycles. The summed E-state index contributed by atoms with van der Waals surface area (Å²) < 4.78 is 0. The maximum Gasteiger partial charge on any atom is 0.144 e. The van der Waals surface area contributed by atoms with Crippen molar-refractivity contribution in [2.75, 3.05) is 6.54 Å². The summed E-state index contributed by atoms with van der Waals surface area (Å²) in [6.07, 6.45) is 10.1. The Morgan fingerprint density at radius 2 is 1.92 bits per heavy atom. The lowest BCUT2D eigenvalue weighted by Gasteiger charge is -1.97. The molecule has 2 heteroatoms. The Morgan fingerprint density at radius 3 is 2.50 bits per heavy atom. The Bertz CT molecular complexity index is 158. The Balaban J connectivity index is 3.10. The van der Waals surface area contributed by atoms with E-state index in [0.29, 0.717) is 6.42 Å². The highest BCUT2D eigenvalue weighted by Gasteiger charge is 1.98. The molecular weight excluding hydrogens is 150 g/mol. The highest BCUT2D eigenvalue weighted by Crippen LogP contribution is 2.03. The van der Waals surface area contributed by atoms with Gasteiger partial charge in [-0.15, -0.1) is 6.42 Å². The zero-order valence-electron chi connectivity index (χ0n) is 7.51. The zero-order chi connectivity index (χ0) is 9.23. The molecule has 0 spiro atoms. The van der Waals surface area contributed by atoms with E-state index in [4.69, 9.17) is 12.2 Å². The Kier molecular flexibility index (Phi) is 7.73. The Hall–Kier alpha value is -0.810. The molecule has 2 nitrogen and oxygen atoms in total. The van der Waals surface area contributed by atoms with E-state index in [9.17, 15) is 4.79 Å². The first-order valence-electron chi connectivity index (χ1n) is 4.46. The molecule has 0 rings (SSSR count). The number of Topliss-reactive ketones (excluding diaryl/α,β-unsaturated/α-hetero) is 1. The van der Waals surface area contributed by atoms with Crippen LogP contribution in [0.2, 0.25) is 0 Å². The van der Waals surface area contributed by atoms with Gasteiger partial charge in [-0.25, -0.2) is 0 Å². The molecule has 0 aliphatic heterocycles. The number of rotatable bonds is 7. The van der Waals surface area contributed by atoms with Crippen LogP contribution in [0.5, 0.6) is 0 Å². The van der Waals surface area contributed by atoms with Gasteiger partial charge in [0, 0.05) is 6.42 Å². The fraction of sp³-hybridized carbons (Fsp3) is 0.700. The minimum absolute atomic E-state index is 0.185. The van der Waals surface area contributed by atoms with Crippen LogP contribution in [-0.4, -0.2) is 12.3 Å². The summed E-state index contributed by atoms with van der Waals surface area (Å²) in [5.74, 6) is 2.54. The molecule has 0 aromatic heterocycles. The van der Waals surface area contributed by atoms with Crippen LogP contribution < -0.4 is 5.73 Å². The third-order valence-corrected chi connectivity index (χ3v) is 1.71. The van der Waals surface area contributed by atoms with E-state index >= 15 is 0 Å². The fourth-order valence-electron chi connectivity index (χ4n) is 1.02. The van der Waals surface area contributed by atoms with Crippen molar-refractivity contribution in [3.8, 4) is 12.3 Å². The summed E-state index contributed by atoms with van der Waals surface area (Å²) in [6, 6.07) is 0. The van der Waals surface area contributed by atoms with Crippen LogP contribution >= 0.6 is 0 Å². The second-order valence-corrected chi connectivity index (χ2v) is 2.87. The van der Waals surface area contributed by atoms with Crippen LogP contribution in [0.4, 0.5) is 0 Å². The van der Waals surface area contributed by atoms with Crippen molar-refractivity contribution in [2.45, 2.75) is 38.5 Å². The molecule has 0 amide bonds. The summed E-state index contributed by atoms with van der Waals surface area (Å²) in [4.78, 5) is 10.9. The Labute approximate surface area is 74.5 Å². The van der Waals surface area contributed by atoms with E-state index in [1.807, 2.05) is 0 Å². The molecule has 0 atom stereocenters. The predicted molar refractivity (Wildman–Crippen MR) is 50.6 cm³/mol. The van der Waals surface area contributed by atoms with Crippen molar-refractivity contribution in [2.24, 2.45) is 5.73 Å². The zero-order valence-corrected chi connectivity index (χ0v) is 7.51. The van der Waals surface area contributed by atoms with Crippen LogP contribution in [0, 0.1) is 12.3 Å². The lowest BCUT2D eigenvalue weighted by molar-refractivity contribution is -0.118. The predicted octanol–water partition coefficient (Wildman–Crippen LogP) is 1.49. The van der Waals surface area contributed by atoms with Gasteiger partial charge in [-0.05, 0) is 19.4 Å². The van der Waals surface area contributed by atoms with Gasteiger partial charge in [-0.1, -0.05) is 18.8 Å². The number of hydrogen-bond donors (Lipinski definition) is 1. The summed E-state index contributed by atoms with van der Waals surface area (Å²) in [6.45, 7) is 0.748. The van der Waals surface area contributed by atoms with Gasteiger partial charge in [0.15, 0.2) is 0 Å². The van der Waals surface area contributed by atoms with Crippen molar-refractivity contribution >= 4 is 5.78 Å². The number of hydrogen-bond acceptors (Lipinski definition) is 2. The van der Waals surface area contributed by atoms with Gasteiger partial charge < -0.3 is 5.73 Å². The Morgan fingerprint density at radius 1 is 1.25 bits per heavy atom. The van der Waals surface area contributed by atoms with Crippen LogP contribution in [-0.2, 0) is 4.79 Å². The third kappa shape index (κ3) is 7.30. The van der Waals surface area contributed by atoms with Crippen molar-refractivity contribution in [1.82, 2.24) is 0 Å². The van der Waals surface area contributed by atoms with E-state index in [2.05, 4.69) is 5.92 Å². The van der Waals surface area contributed by atoms with E-state index in [1.54, 1.807) is 0 Å². The summed E-state index contributed by atoms with van der Waals surface area (Å²) in [5, 5.41) is 0. The van der Waals surface area contributed by atoms with Crippen LogP contribution in [0.1, 0.15) is 38.5 Å². The highest BCUT2D eigenvalue weighted by molar-refractivity contribution is 5.80. The van der Waals surface area contributed by atoms with Gasteiger partial charge in [-0.2, -0.15) is 0 Å². The van der Waals surface area contributed by atoms with E-state index in [-0.39, 0.29) is 12.2 Å². The average Bonchev–Trinajstić information content (AvgIpc) is 2.05. The quantitative estimate of drug-likeness (QED) is 0.461. The molecule has 0 fully saturated rings. The number of nitrogens with two attached hydrogens (primary N) is 1. The molecule has 0 radical (unpaired) electrons. The lowest BCUT2D eigenvalue weighted by atomic mass is 10.1. The number of carbonyl (C=O) groups is 1. The molecule has 0 bridgehead atoms. The van der Waals surface area contributed by atoms with Gasteiger partial charge in [0.2, 0.25) is 0 Å². The van der Waals surface area contributed by atoms with Crippen LogP contribution in [0.25, 0.3) is 0 Å².